The summed E-state index contributed by atoms with van der Waals surface area (Å²) in [7, 11) is 0. The zero-order chi connectivity index (χ0) is 10.1. The minimum absolute atomic E-state index is 0. The molecule has 0 radical (unpaired) electrons. The van der Waals surface area contributed by atoms with Gasteiger partial charge in [0.1, 0.15) is 5.82 Å². The third-order valence-corrected chi connectivity index (χ3v) is 1.89. The molecule has 0 aliphatic carbocycles. The number of hydrogen-bond donors (Lipinski definition) is 0. The Morgan fingerprint density at radius 2 is 2.00 bits per heavy atom. The number of rotatable bonds is 1. The van der Waals surface area contributed by atoms with Gasteiger partial charge in [-0.1, -0.05) is 6.07 Å². The SMILES string of the molecule is O=C([O-])c1ccc2c(F)cccc2n1.[Li+]. The largest absolute Gasteiger partial charge is 1.00 e. The number of nitrogens with zero attached hydrogens (tertiary/aromatic N) is 1. The molecule has 1 aromatic heterocycles. The molecule has 1 aromatic carbocycles. The summed E-state index contributed by atoms with van der Waals surface area (Å²) < 4.78 is 13.1. The first-order valence-corrected chi connectivity index (χ1v) is 3.95. The van der Waals surface area contributed by atoms with Crippen molar-refractivity contribution in [3.05, 3.63) is 41.8 Å². The van der Waals surface area contributed by atoms with Crippen LogP contribution in [0.25, 0.3) is 10.9 Å². The maximum absolute atomic E-state index is 13.1. The molecular weight excluding hydrogens is 192 g/mol. The van der Waals surface area contributed by atoms with Gasteiger partial charge >= 0.3 is 18.9 Å². The van der Waals surface area contributed by atoms with Gasteiger partial charge in [0.2, 0.25) is 0 Å². The van der Waals surface area contributed by atoms with Crippen molar-refractivity contribution < 1.29 is 33.2 Å². The molecule has 0 spiro atoms. The van der Waals surface area contributed by atoms with E-state index in [0.29, 0.717) is 10.9 Å². The molecule has 0 amide bonds. The van der Waals surface area contributed by atoms with Crippen LogP contribution in [-0.2, 0) is 0 Å². The Kier molecular flexibility index (Phi) is 3.46. The smallest absolute Gasteiger partial charge is 0.543 e. The summed E-state index contributed by atoms with van der Waals surface area (Å²) in [6.45, 7) is 0. The van der Waals surface area contributed by atoms with Crippen molar-refractivity contribution in [2.24, 2.45) is 0 Å². The van der Waals surface area contributed by atoms with E-state index in [9.17, 15) is 14.3 Å². The fraction of sp³-hybridized carbons (Fsp3) is 0. The molecule has 2 rings (SSSR count). The molecule has 3 nitrogen and oxygen atoms in total. The Morgan fingerprint density at radius 1 is 1.27 bits per heavy atom. The van der Waals surface area contributed by atoms with Gasteiger partial charge in [0.15, 0.2) is 0 Å². The second-order valence-electron chi connectivity index (χ2n) is 2.79. The van der Waals surface area contributed by atoms with Crippen molar-refractivity contribution in [2.75, 3.05) is 0 Å². The zero-order valence-corrected chi connectivity index (χ0v) is 8.03. The van der Waals surface area contributed by atoms with E-state index in [2.05, 4.69) is 4.98 Å². The van der Waals surface area contributed by atoms with Gasteiger partial charge in [0.25, 0.3) is 0 Å². The number of aromatic nitrogens is 1. The molecule has 0 N–H and O–H groups in total. The predicted molar refractivity (Wildman–Crippen MR) is 46.0 cm³/mol. The van der Waals surface area contributed by atoms with Gasteiger partial charge in [-0.25, -0.2) is 9.37 Å². The summed E-state index contributed by atoms with van der Waals surface area (Å²) in [4.78, 5) is 14.2. The Hall–Kier alpha value is -1.37. The van der Waals surface area contributed by atoms with Gasteiger partial charge in [0, 0.05) is 5.39 Å². The molecule has 0 aliphatic heterocycles. The van der Waals surface area contributed by atoms with Crippen LogP contribution in [0, 0.1) is 5.82 Å². The Labute approximate surface area is 97.1 Å². The minimum atomic E-state index is -1.36. The number of hydrogen-bond acceptors (Lipinski definition) is 3. The first-order chi connectivity index (χ1) is 6.68. The fourth-order valence-corrected chi connectivity index (χ4v) is 1.23. The molecule has 0 saturated heterocycles. The number of pyridine rings is 1. The first-order valence-electron chi connectivity index (χ1n) is 3.95. The van der Waals surface area contributed by atoms with Crippen LogP contribution < -0.4 is 24.0 Å². The van der Waals surface area contributed by atoms with Crippen LogP contribution in [0.1, 0.15) is 10.5 Å². The second kappa shape index (κ2) is 4.43. The summed E-state index contributed by atoms with van der Waals surface area (Å²) >= 11 is 0. The van der Waals surface area contributed by atoms with E-state index >= 15 is 0 Å². The Bertz CT molecular complexity index is 516. The number of carboxylic acids is 1. The van der Waals surface area contributed by atoms with E-state index in [1.165, 1.54) is 24.3 Å². The fourth-order valence-electron chi connectivity index (χ4n) is 1.23. The first kappa shape index (κ1) is 11.7. The van der Waals surface area contributed by atoms with Crippen molar-refractivity contribution in [1.82, 2.24) is 4.98 Å². The third-order valence-electron chi connectivity index (χ3n) is 1.89. The molecule has 0 aliphatic rings. The summed E-state index contributed by atoms with van der Waals surface area (Å²) in [6.07, 6.45) is 0. The number of fused-ring (bicyclic) bond motifs is 1. The summed E-state index contributed by atoms with van der Waals surface area (Å²) in [5.74, 6) is -1.78. The number of halogens is 1. The van der Waals surface area contributed by atoms with Crippen molar-refractivity contribution in [3.8, 4) is 0 Å². The van der Waals surface area contributed by atoms with Crippen molar-refractivity contribution in [3.63, 3.8) is 0 Å². The molecule has 0 saturated carbocycles. The van der Waals surface area contributed by atoms with E-state index < -0.39 is 11.8 Å². The zero-order valence-electron chi connectivity index (χ0n) is 8.03. The monoisotopic (exact) mass is 197 g/mol. The van der Waals surface area contributed by atoms with Gasteiger partial charge in [-0.05, 0) is 24.3 Å². The van der Waals surface area contributed by atoms with Gasteiger partial charge in [-0.2, -0.15) is 0 Å². The Morgan fingerprint density at radius 3 is 2.67 bits per heavy atom. The van der Waals surface area contributed by atoms with Gasteiger partial charge in [0.05, 0.1) is 17.2 Å². The number of carbonyl (C=O) groups is 1. The number of benzene rings is 1. The van der Waals surface area contributed by atoms with Crippen LogP contribution in [0.3, 0.4) is 0 Å². The van der Waals surface area contributed by atoms with E-state index in [1.807, 2.05) is 0 Å². The molecule has 1 heterocycles. The molecule has 0 atom stereocenters. The maximum atomic E-state index is 13.1. The van der Waals surface area contributed by atoms with Crippen LogP contribution in [0.15, 0.2) is 30.3 Å². The molecule has 70 valence electrons. The molecule has 5 heteroatoms. The van der Waals surface area contributed by atoms with Crippen LogP contribution in [0.4, 0.5) is 4.39 Å². The van der Waals surface area contributed by atoms with Crippen LogP contribution in [0.2, 0.25) is 0 Å². The molecule has 0 bridgehead atoms. The molecule has 0 unspecified atom stereocenters. The molecule has 15 heavy (non-hydrogen) atoms. The Balaban J connectivity index is 0.00000112. The standard InChI is InChI=1S/C10H6FNO2.Li/c11-7-2-1-3-8-6(7)4-5-9(12-8)10(13)14;/h1-5H,(H,13,14);/q;+1/p-1. The summed E-state index contributed by atoms with van der Waals surface area (Å²) in [5.41, 5.74) is 0.120. The average molecular weight is 197 g/mol. The summed E-state index contributed by atoms with van der Waals surface area (Å²) in [6, 6.07) is 6.92. The van der Waals surface area contributed by atoms with Gasteiger partial charge in [-0.3, -0.25) is 0 Å². The minimum Gasteiger partial charge on any atom is -0.543 e. The van der Waals surface area contributed by atoms with Gasteiger partial charge in [-0.15, -0.1) is 0 Å². The normalized spacial score (nSPS) is 9.67. The van der Waals surface area contributed by atoms with E-state index in [0.717, 1.165) is 0 Å². The van der Waals surface area contributed by atoms with Crippen LogP contribution in [0.5, 0.6) is 0 Å². The molecule has 2 aromatic rings. The summed E-state index contributed by atoms with van der Waals surface area (Å²) in [5, 5.41) is 10.8. The third kappa shape index (κ3) is 2.17. The van der Waals surface area contributed by atoms with E-state index in [4.69, 9.17) is 0 Å². The van der Waals surface area contributed by atoms with Crippen molar-refractivity contribution >= 4 is 16.9 Å². The predicted octanol–water partition coefficient (Wildman–Crippen LogP) is -2.26. The maximum Gasteiger partial charge on any atom is 1.00 e. The van der Waals surface area contributed by atoms with Crippen molar-refractivity contribution in [1.29, 1.82) is 0 Å². The average Bonchev–Trinajstić information content (AvgIpc) is 2.17. The number of aromatic carboxylic acids is 1. The quantitative estimate of drug-likeness (QED) is 0.485. The van der Waals surface area contributed by atoms with Crippen LogP contribution >= 0.6 is 0 Å². The second-order valence-corrected chi connectivity index (χ2v) is 2.79. The van der Waals surface area contributed by atoms with E-state index in [1.54, 1.807) is 6.07 Å². The number of carboxylic acid groups (broad SMARTS) is 1. The van der Waals surface area contributed by atoms with Crippen molar-refractivity contribution in [2.45, 2.75) is 0 Å². The molecule has 0 fully saturated rings. The van der Waals surface area contributed by atoms with Gasteiger partial charge < -0.3 is 9.90 Å². The number of carbonyl (C=O) groups excluding carboxylic acids is 1. The van der Waals surface area contributed by atoms with E-state index in [-0.39, 0.29) is 24.6 Å². The molecular formula is C10H5FLiNO2. The topological polar surface area (TPSA) is 53.0 Å². The van der Waals surface area contributed by atoms with Crippen LogP contribution in [-0.4, -0.2) is 11.0 Å².